The Balaban J connectivity index is 1.60. The number of sulfonamides is 2. The Morgan fingerprint density at radius 1 is 0.694 bits per heavy atom. The molecule has 0 atom stereocenters. The number of nitrogens with one attached hydrogen (secondary N) is 4. The number of carboxylic acid groups (broad SMARTS) is 1. The lowest BCUT2D eigenvalue weighted by Gasteiger charge is -2.26. The molecular formula is C48H56N10O12S2. The molecule has 0 aliphatic heterocycles. The minimum absolute atomic E-state index is 0.00310. The SMILES string of the molecule is COc1ccc(CN(Cc2ccc(OC)cc2)S(=O)(=O)c2c(S(=O)(=O)NCCNC(=O)OC(C)(C)C)ccc(-c3cccc(C(=O)NCCNC(=O)O)c3N)c2-c2nnn(Cc3ccc(OC)cc3)n2)cc1. The molecule has 0 bridgehead atoms. The van der Waals surface area contributed by atoms with E-state index in [1.807, 2.05) is 0 Å². The van der Waals surface area contributed by atoms with Gasteiger partial charge in [-0.3, -0.25) is 4.79 Å². The molecule has 22 nitrogen and oxygen atoms in total. The number of tetrazole rings is 1. The van der Waals surface area contributed by atoms with Crippen LogP contribution in [0.4, 0.5) is 15.3 Å². The number of benzene rings is 5. The third kappa shape index (κ3) is 13.7. The monoisotopic (exact) mass is 1030 g/mol. The van der Waals surface area contributed by atoms with Crippen molar-refractivity contribution < 1.29 is 55.3 Å². The van der Waals surface area contributed by atoms with Gasteiger partial charge in [0.1, 0.15) is 32.6 Å². The standard InChI is InChI=1S/C48H56N10O12S2/c1-48(2,3)70-47(62)52-26-27-53-71(63,64)40-23-22-37(38-8-7-9-39(42(38)49)45(59)50-24-25-51-46(60)61)41(44-54-56-58(55-44)30-33-14-20-36(69-6)21-15-33)43(40)72(65,66)57(28-31-10-16-34(67-4)17-11-31)29-32-12-18-35(68-5)19-13-32/h7-23,51,53H,24-30,49H2,1-6H3,(H,50,59)(H,52,62)(H,60,61). The predicted molar refractivity (Wildman–Crippen MR) is 265 cm³/mol. The third-order valence-corrected chi connectivity index (χ3v) is 14.1. The fourth-order valence-electron chi connectivity index (χ4n) is 7.19. The Morgan fingerprint density at radius 2 is 1.24 bits per heavy atom. The van der Waals surface area contributed by atoms with E-state index >= 15 is 8.42 Å². The molecule has 1 heterocycles. The number of nitrogen functional groups attached to an aromatic ring is 1. The van der Waals surface area contributed by atoms with Crippen LogP contribution in [0.2, 0.25) is 0 Å². The van der Waals surface area contributed by atoms with Gasteiger partial charge >= 0.3 is 12.2 Å². The molecule has 7 N–H and O–H groups in total. The topological polar surface area (TPSA) is 298 Å². The number of methoxy groups -OCH3 is 3. The number of nitrogens with two attached hydrogens (primary N) is 1. The third-order valence-electron chi connectivity index (χ3n) is 10.6. The van der Waals surface area contributed by atoms with E-state index in [9.17, 15) is 22.8 Å². The molecule has 6 aromatic rings. The van der Waals surface area contributed by atoms with Crippen LogP contribution >= 0.6 is 0 Å². The normalized spacial score (nSPS) is 11.7. The van der Waals surface area contributed by atoms with Gasteiger partial charge in [-0.05, 0) is 96.8 Å². The number of nitrogens with zero attached hydrogens (tertiary/aromatic N) is 5. The Morgan fingerprint density at radius 3 is 1.78 bits per heavy atom. The number of para-hydroxylation sites is 1. The van der Waals surface area contributed by atoms with Crippen LogP contribution in [0, 0.1) is 0 Å². The van der Waals surface area contributed by atoms with E-state index in [1.165, 1.54) is 50.4 Å². The molecule has 382 valence electrons. The summed E-state index contributed by atoms with van der Waals surface area (Å²) in [5.74, 6) is 0.592. The number of ether oxygens (including phenoxy) is 4. The first kappa shape index (κ1) is 53.5. The molecule has 0 spiro atoms. The van der Waals surface area contributed by atoms with Crippen LogP contribution in [-0.4, -0.2) is 118 Å². The summed E-state index contributed by atoms with van der Waals surface area (Å²) in [7, 11) is -5.43. The van der Waals surface area contributed by atoms with Crippen LogP contribution in [0.25, 0.3) is 22.5 Å². The zero-order chi connectivity index (χ0) is 52.2. The van der Waals surface area contributed by atoms with Gasteiger partial charge in [0, 0.05) is 44.8 Å². The van der Waals surface area contributed by atoms with Crippen molar-refractivity contribution in [2.75, 3.05) is 53.2 Å². The lowest BCUT2D eigenvalue weighted by atomic mass is 9.95. The van der Waals surface area contributed by atoms with Crippen molar-refractivity contribution in [3.63, 3.8) is 0 Å². The second kappa shape index (κ2) is 23.4. The van der Waals surface area contributed by atoms with Gasteiger partial charge in [-0.2, -0.15) is 9.10 Å². The Kier molecular flexibility index (Phi) is 17.4. The Bertz CT molecular complexity index is 3040. The van der Waals surface area contributed by atoms with E-state index in [0.29, 0.717) is 33.9 Å². The van der Waals surface area contributed by atoms with Gasteiger partial charge in [0.05, 0.1) is 44.7 Å². The summed E-state index contributed by atoms with van der Waals surface area (Å²) in [6.07, 6.45) is -2.10. The van der Waals surface area contributed by atoms with Gasteiger partial charge in [0.25, 0.3) is 5.91 Å². The van der Waals surface area contributed by atoms with Gasteiger partial charge in [-0.15, -0.1) is 10.2 Å². The zero-order valence-corrected chi connectivity index (χ0v) is 42.0. The van der Waals surface area contributed by atoms with Crippen LogP contribution in [-0.2, 0) is 44.4 Å². The predicted octanol–water partition coefficient (Wildman–Crippen LogP) is 4.85. The van der Waals surface area contributed by atoms with Crippen LogP contribution in [0.5, 0.6) is 17.2 Å². The number of carbonyl (C=O) groups excluding carboxylic acids is 2. The average Bonchev–Trinajstić information content (AvgIpc) is 3.81. The highest BCUT2D eigenvalue weighted by molar-refractivity contribution is 7.92. The average molecular weight is 1030 g/mol. The fraction of sp³-hybridized carbons (Fsp3) is 0.292. The number of alkyl carbamates (subject to hydrolysis) is 1. The highest BCUT2D eigenvalue weighted by Crippen LogP contribution is 2.43. The second-order valence-electron chi connectivity index (χ2n) is 16.9. The quantitative estimate of drug-likeness (QED) is 0.0391. The van der Waals surface area contributed by atoms with E-state index in [1.54, 1.807) is 93.6 Å². The zero-order valence-electron chi connectivity index (χ0n) is 40.3. The molecule has 0 aliphatic rings. The first-order valence-electron chi connectivity index (χ1n) is 22.2. The number of carbonyl (C=O) groups is 3. The van der Waals surface area contributed by atoms with Gasteiger partial charge < -0.3 is 45.7 Å². The molecule has 0 saturated heterocycles. The van der Waals surface area contributed by atoms with Crippen molar-refractivity contribution in [2.45, 2.75) is 55.8 Å². The molecule has 0 radical (unpaired) electrons. The summed E-state index contributed by atoms with van der Waals surface area (Å²) in [6, 6.07) is 27.2. The number of hydrogen-bond acceptors (Lipinski definition) is 15. The second-order valence-corrected chi connectivity index (χ2v) is 20.5. The lowest BCUT2D eigenvalue weighted by Crippen LogP contribution is -2.38. The number of aromatic nitrogens is 4. The first-order valence-corrected chi connectivity index (χ1v) is 25.1. The summed E-state index contributed by atoms with van der Waals surface area (Å²) in [5.41, 5.74) is 7.20. The maximum absolute atomic E-state index is 16.1. The van der Waals surface area contributed by atoms with Crippen LogP contribution in [0.15, 0.2) is 113 Å². The highest BCUT2D eigenvalue weighted by atomic mass is 32.2. The van der Waals surface area contributed by atoms with Crippen molar-refractivity contribution in [3.05, 3.63) is 125 Å². The van der Waals surface area contributed by atoms with Crippen LogP contribution < -0.4 is 40.6 Å². The van der Waals surface area contributed by atoms with E-state index in [-0.39, 0.29) is 73.0 Å². The number of rotatable bonds is 22. The molecule has 0 unspecified atom stereocenters. The highest BCUT2D eigenvalue weighted by Gasteiger charge is 2.38. The van der Waals surface area contributed by atoms with E-state index in [0.717, 1.165) is 10.4 Å². The Labute approximate surface area is 416 Å². The molecule has 24 heteroatoms. The summed E-state index contributed by atoms with van der Waals surface area (Å²) in [6.45, 7) is 3.58. The molecule has 5 aromatic carbocycles. The summed E-state index contributed by atoms with van der Waals surface area (Å²) in [4.78, 5) is 36.8. The van der Waals surface area contributed by atoms with Crippen molar-refractivity contribution >= 4 is 43.8 Å². The van der Waals surface area contributed by atoms with Crippen molar-refractivity contribution in [3.8, 4) is 39.8 Å². The number of anilines is 1. The minimum Gasteiger partial charge on any atom is -0.497 e. The molecule has 72 heavy (non-hydrogen) atoms. The van der Waals surface area contributed by atoms with E-state index in [4.69, 9.17) is 29.8 Å². The maximum atomic E-state index is 16.1. The van der Waals surface area contributed by atoms with Crippen molar-refractivity contribution in [1.82, 2.24) is 45.2 Å². The van der Waals surface area contributed by atoms with E-state index < -0.39 is 60.1 Å². The number of hydrogen-bond donors (Lipinski definition) is 6. The molecule has 1 aromatic heterocycles. The van der Waals surface area contributed by atoms with Crippen molar-refractivity contribution in [1.29, 1.82) is 0 Å². The van der Waals surface area contributed by atoms with Gasteiger partial charge in [0.15, 0.2) is 0 Å². The van der Waals surface area contributed by atoms with Gasteiger partial charge in [0.2, 0.25) is 25.9 Å². The first-order chi connectivity index (χ1) is 34.2. The largest absolute Gasteiger partial charge is 0.497 e. The Hall–Kier alpha value is -7.80. The molecule has 3 amide bonds. The molecular weight excluding hydrogens is 973 g/mol. The molecule has 6 rings (SSSR count). The summed E-state index contributed by atoms with van der Waals surface area (Å²) < 4.78 is 86.6. The molecule has 0 aliphatic carbocycles. The summed E-state index contributed by atoms with van der Waals surface area (Å²) >= 11 is 0. The lowest BCUT2D eigenvalue weighted by molar-refractivity contribution is 0.0528. The molecule has 0 saturated carbocycles. The number of amides is 3. The smallest absolute Gasteiger partial charge is 0.407 e. The van der Waals surface area contributed by atoms with Crippen LogP contribution in [0.1, 0.15) is 47.8 Å². The van der Waals surface area contributed by atoms with Crippen molar-refractivity contribution in [2.24, 2.45) is 0 Å². The van der Waals surface area contributed by atoms with Gasteiger partial charge in [-0.25, -0.2) is 31.1 Å². The molecule has 0 fully saturated rings. The fourth-order valence-corrected chi connectivity index (χ4v) is 10.6. The minimum atomic E-state index is -5.08. The van der Waals surface area contributed by atoms with Gasteiger partial charge in [-0.1, -0.05) is 54.6 Å². The maximum Gasteiger partial charge on any atom is 0.407 e. The van der Waals surface area contributed by atoms with Crippen LogP contribution in [0.3, 0.4) is 0 Å². The van der Waals surface area contributed by atoms with E-state index in [2.05, 4.69) is 36.1 Å². The summed E-state index contributed by atoms with van der Waals surface area (Å²) in [5, 5.41) is 29.5.